The number of benzene rings is 1. The molecule has 0 radical (unpaired) electrons. The monoisotopic (exact) mass is 200 g/mol. The van der Waals surface area contributed by atoms with Crippen molar-refractivity contribution in [1.29, 1.82) is 0 Å². The van der Waals surface area contributed by atoms with Crippen molar-refractivity contribution in [2.45, 2.75) is 6.92 Å². The molecule has 0 bridgehead atoms. The van der Waals surface area contributed by atoms with Crippen molar-refractivity contribution in [2.75, 3.05) is 0 Å². The molecule has 0 aliphatic rings. The van der Waals surface area contributed by atoms with Crippen LogP contribution in [0.4, 0.5) is 0 Å². The van der Waals surface area contributed by atoms with Crippen molar-refractivity contribution in [3.05, 3.63) is 53.9 Å². The van der Waals surface area contributed by atoms with E-state index < -0.39 is 0 Å². The van der Waals surface area contributed by atoms with Crippen LogP contribution in [0.25, 0.3) is 0 Å². The maximum absolute atomic E-state index is 9.73. The summed E-state index contributed by atoms with van der Waals surface area (Å²) in [5.41, 5.74) is 1.58. The van der Waals surface area contributed by atoms with Gasteiger partial charge < -0.3 is 5.11 Å². The number of phenolic OH excluding ortho intramolecular Hbond substituents is 1. The topological polar surface area (TPSA) is 37.5 Å². The van der Waals surface area contributed by atoms with E-state index in [2.05, 4.69) is 5.10 Å². The highest BCUT2D eigenvalue weighted by Gasteiger charge is 1.99. The first-order chi connectivity index (χ1) is 7.27. The fraction of sp³-hybridized carbons (Fsp3) is 0.0833. The molecule has 1 heterocycles. The summed E-state index contributed by atoms with van der Waals surface area (Å²) in [6, 6.07) is 9.38. The first-order valence-corrected chi connectivity index (χ1v) is 4.73. The molecule has 1 aromatic carbocycles. The first-order valence-electron chi connectivity index (χ1n) is 4.73. The van der Waals surface area contributed by atoms with Crippen LogP contribution in [-0.4, -0.2) is 16.0 Å². The van der Waals surface area contributed by atoms with E-state index in [1.807, 2.05) is 49.6 Å². The van der Waals surface area contributed by atoms with Crippen LogP contribution in [0, 0.1) is 6.92 Å². The Morgan fingerprint density at radius 3 is 2.67 bits per heavy atom. The van der Waals surface area contributed by atoms with Crippen LogP contribution in [0.2, 0.25) is 0 Å². The molecule has 0 saturated carbocycles. The van der Waals surface area contributed by atoms with Crippen molar-refractivity contribution in [2.24, 2.45) is 5.10 Å². The van der Waals surface area contributed by atoms with Crippen molar-refractivity contribution < 1.29 is 5.11 Å². The second kappa shape index (κ2) is 4.00. The van der Waals surface area contributed by atoms with Crippen LogP contribution >= 0.6 is 0 Å². The summed E-state index contributed by atoms with van der Waals surface area (Å²) in [6.07, 6.45) is 5.31. The van der Waals surface area contributed by atoms with Crippen LogP contribution in [0.5, 0.6) is 5.75 Å². The molecule has 0 fully saturated rings. The molecule has 2 aromatic rings. The van der Waals surface area contributed by atoms with Crippen molar-refractivity contribution >= 4 is 6.21 Å². The normalized spacial score (nSPS) is 11.0. The Morgan fingerprint density at radius 2 is 1.93 bits per heavy atom. The van der Waals surface area contributed by atoms with Gasteiger partial charge in [-0.25, -0.2) is 4.68 Å². The van der Waals surface area contributed by atoms with E-state index >= 15 is 0 Å². The molecule has 1 N–H and O–H groups in total. The van der Waals surface area contributed by atoms with Gasteiger partial charge in [0.25, 0.3) is 0 Å². The van der Waals surface area contributed by atoms with Gasteiger partial charge in [0.05, 0.1) is 6.21 Å². The second-order valence-electron chi connectivity index (χ2n) is 3.32. The molecule has 3 heteroatoms. The molecular formula is C12H12N2O. The van der Waals surface area contributed by atoms with E-state index in [9.17, 15) is 5.11 Å². The Kier molecular flexibility index (Phi) is 2.54. The Morgan fingerprint density at radius 1 is 1.20 bits per heavy atom. The molecular weight excluding hydrogens is 188 g/mol. The number of aromatic hydroxyl groups is 1. The number of para-hydroxylation sites is 1. The van der Waals surface area contributed by atoms with Crippen LogP contribution < -0.4 is 0 Å². The van der Waals surface area contributed by atoms with Crippen molar-refractivity contribution in [3.8, 4) is 5.75 Å². The molecule has 0 atom stereocenters. The van der Waals surface area contributed by atoms with Gasteiger partial charge in [-0.1, -0.05) is 12.1 Å². The Labute approximate surface area is 88.3 Å². The predicted molar refractivity (Wildman–Crippen MR) is 60.3 cm³/mol. The van der Waals surface area contributed by atoms with Gasteiger partial charge in [-0.2, -0.15) is 5.10 Å². The summed E-state index contributed by atoms with van der Waals surface area (Å²) in [7, 11) is 0. The highest BCUT2D eigenvalue weighted by molar-refractivity contribution is 5.83. The standard InChI is InChI=1S/C12H12N2O/c1-10-5-4-6-11(12(10)15)9-13-14-7-2-3-8-14/h2-9,15H,1H3/b13-9+. The third-order valence-electron chi connectivity index (χ3n) is 2.19. The SMILES string of the molecule is Cc1cccc(/C=N/n2cccc2)c1O. The van der Waals surface area contributed by atoms with Crippen LogP contribution in [0.3, 0.4) is 0 Å². The third kappa shape index (κ3) is 2.07. The zero-order valence-corrected chi connectivity index (χ0v) is 8.46. The molecule has 0 aliphatic carbocycles. The van der Waals surface area contributed by atoms with Gasteiger partial charge in [-0.15, -0.1) is 0 Å². The number of phenols is 1. The average molecular weight is 200 g/mol. The third-order valence-corrected chi connectivity index (χ3v) is 2.19. The van der Waals surface area contributed by atoms with Gasteiger partial charge in [0.2, 0.25) is 0 Å². The lowest BCUT2D eigenvalue weighted by Gasteiger charge is -2.01. The molecule has 0 unspecified atom stereocenters. The minimum absolute atomic E-state index is 0.286. The minimum Gasteiger partial charge on any atom is -0.507 e. The molecule has 3 nitrogen and oxygen atoms in total. The maximum Gasteiger partial charge on any atom is 0.127 e. The van der Waals surface area contributed by atoms with Gasteiger partial charge in [0.1, 0.15) is 5.75 Å². The van der Waals surface area contributed by atoms with Crippen LogP contribution in [0.1, 0.15) is 11.1 Å². The molecule has 76 valence electrons. The molecule has 15 heavy (non-hydrogen) atoms. The summed E-state index contributed by atoms with van der Waals surface area (Å²) < 4.78 is 1.68. The average Bonchev–Trinajstić information content (AvgIpc) is 2.73. The summed E-state index contributed by atoms with van der Waals surface area (Å²) in [6.45, 7) is 1.86. The van der Waals surface area contributed by atoms with E-state index in [0.29, 0.717) is 0 Å². The fourth-order valence-electron chi connectivity index (χ4n) is 1.32. The van der Waals surface area contributed by atoms with E-state index in [4.69, 9.17) is 0 Å². The Bertz CT molecular complexity index is 472. The van der Waals surface area contributed by atoms with E-state index in [-0.39, 0.29) is 5.75 Å². The van der Waals surface area contributed by atoms with Gasteiger partial charge in [-0.05, 0) is 30.7 Å². The number of rotatable bonds is 2. The molecule has 0 amide bonds. The van der Waals surface area contributed by atoms with Gasteiger partial charge in [-0.3, -0.25) is 0 Å². The molecule has 0 saturated heterocycles. The maximum atomic E-state index is 9.73. The van der Waals surface area contributed by atoms with Gasteiger partial charge in [0.15, 0.2) is 0 Å². The summed E-state index contributed by atoms with van der Waals surface area (Å²) in [4.78, 5) is 0. The predicted octanol–water partition coefficient (Wildman–Crippen LogP) is 2.38. The van der Waals surface area contributed by atoms with Gasteiger partial charge in [0, 0.05) is 18.0 Å². The quantitative estimate of drug-likeness (QED) is 0.742. The molecule has 0 aliphatic heterocycles. The summed E-state index contributed by atoms with van der Waals surface area (Å²) in [5, 5.41) is 13.9. The zero-order chi connectivity index (χ0) is 10.7. The van der Waals surface area contributed by atoms with E-state index in [1.54, 1.807) is 10.9 Å². The highest BCUT2D eigenvalue weighted by Crippen LogP contribution is 2.19. The van der Waals surface area contributed by atoms with Crippen LogP contribution in [-0.2, 0) is 0 Å². The van der Waals surface area contributed by atoms with Gasteiger partial charge >= 0.3 is 0 Å². The Hall–Kier alpha value is -2.03. The van der Waals surface area contributed by atoms with Crippen molar-refractivity contribution in [1.82, 2.24) is 4.68 Å². The lowest BCUT2D eigenvalue weighted by atomic mass is 10.1. The van der Waals surface area contributed by atoms with E-state index in [1.165, 1.54) is 0 Å². The molecule has 2 rings (SSSR count). The number of nitrogens with zero attached hydrogens (tertiary/aromatic N) is 2. The largest absolute Gasteiger partial charge is 0.507 e. The Balaban J connectivity index is 2.28. The first kappa shape index (κ1) is 9.52. The van der Waals surface area contributed by atoms with E-state index in [0.717, 1.165) is 11.1 Å². The molecule has 0 spiro atoms. The smallest absolute Gasteiger partial charge is 0.127 e. The second-order valence-corrected chi connectivity index (χ2v) is 3.32. The lowest BCUT2D eigenvalue weighted by Crippen LogP contribution is -1.88. The number of hydrogen-bond acceptors (Lipinski definition) is 2. The number of hydrogen-bond donors (Lipinski definition) is 1. The molecule has 1 aromatic heterocycles. The fourth-order valence-corrected chi connectivity index (χ4v) is 1.32. The lowest BCUT2D eigenvalue weighted by molar-refractivity contribution is 0.470. The zero-order valence-electron chi connectivity index (χ0n) is 8.46. The van der Waals surface area contributed by atoms with Crippen LogP contribution in [0.15, 0.2) is 47.8 Å². The van der Waals surface area contributed by atoms with Crippen molar-refractivity contribution in [3.63, 3.8) is 0 Å². The minimum atomic E-state index is 0.286. The summed E-state index contributed by atoms with van der Waals surface area (Å²) in [5.74, 6) is 0.286. The highest BCUT2D eigenvalue weighted by atomic mass is 16.3. The number of aromatic nitrogens is 1. The number of aryl methyl sites for hydroxylation is 1. The summed E-state index contributed by atoms with van der Waals surface area (Å²) >= 11 is 0.